The topological polar surface area (TPSA) is 42.8 Å². The number of nitrogens with one attached hydrogen (secondary N) is 1. The standard InChI is InChI=1S/C15H14N2O2/c1-18-14-9-5-4-8-13(14)17-15-16-12-7-3-2-6-11(12)10-19-15/h2-9H,10H2,1H3,(H,16,17). The van der Waals surface area contributed by atoms with Gasteiger partial charge in [0.2, 0.25) is 0 Å². The molecule has 0 unspecified atom stereocenters. The van der Waals surface area contributed by atoms with Gasteiger partial charge in [0.15, 0.2) is 0 Å². The zero-order valence-electron chi connectivity index (χ0n) is 10.6. The summed E-state index contributed by atoms with van der Waals surface area (Å²) >= 11 is 0. The Morgan fingerprint density at radius 1 is 1.11 bits per heavy atom. The van der Waals surface area contributed by atoms with Gasteiger partial charge in [-0.05, 0) is 18.2 Å². The lowest BCUT2D eigenvalue weighted by Gasteiger charge is -2.18. The maximum absolute atomic E-state index is 5.59. The van der Waals surface area contributed by atoms with Gasteiger partial charge >= 0.3 is 0 Å². The first-order valence-electron chi connectivity index (χ1n) is 6.06. The summed E-state index contributed by atoms with van der Waals surface area (Å²) in [7, 11) is 1.64. The maximum atomic E-state index is 5.59. The van der Waals surface area contributed by atoms with Gasteiger partial charge in [-0.3, -0.25) is 0 Å². The molecule has 2 aromatic carbocycles. The summed E-state index contributed by atoms with van der Waals surface area (Å²) in [6.45, 7) is 0.525. The Morgan fingerprint density at radius 3 is 2.79 bits per heavy atom. The van der Waals surface area contributed by atoms with E-state index in [0.717, 1.165) is 22.7 Å². The average Bonchev–Trinajstić information content (AvgIpc) is 2.48. The van der Waals surface area contributed by atoms with E-state index in [1.54, 1.807) is 7.11 Å². The fraction of sp³-hybridized carbons (Fsp3) is 0.133. The highest BCUT2D eigenvalue weighted by Gasteiger charge is 2.13. The lowest BCUT2D eigenvalue weighted by Crippen LogP contribution is -2.19. The third-order valence-electron chi connectivity index (χ3n) is 2.93. The Morgan fingerprint density at radius 2 is 1.89 bits per heavy atom. The van der Waals surface area contributed by atoms with Crippen LogP contribution in [0.5, 0.6) is 5.75 Å². The summed E-state index contributed by atoms with van der Waals surface area (Å²) in [5.74, 6) is 0.757. The third kappa shape index (κ3) is 2.38. The number of hydrogen-bond donors (Lipinski definition) is 1. The van der Waals surface area contributed by atoms with Crippen LogP contribution in [0.15, 0.2) is 53.5 Å². The summed E-state index contributed by atoms with van der Waals surface area (Å²) in [4.78, 5) is 4.44. The molecule has 1 aliphatic rings. The van der Waals surface area contributed by atoms with Crippen molar-refractivity contribution in [1.29, 1.82) is 0 Å². The van der Waals surface area contributed by atoms with Gasteiger partial charge in [0, 0.05) is 5.56 Å². The van der Waals surface area contributed by atoms with Crippen molar-refractivity contribution in [3.8, 4) is 5.75 Å². The van der Waals surface area contributed by atoms with Crippen molar-refractivity contribution in [2.24, 2.45) is 4.99 Å². The molecule has 0 atom stereocenters. The minimum Gasteiger partial charge on any atom is -0.495 e. The molecule has 0 saturated carbocycles. The van der Waals surface area contributed by atoms with E-state index in [1.165, 1.54) is 0 Å². The second-order valence-corrected chi connectivity index (χ2v) is 4.16. The second-order valence-electron chi connectivity index (χ2n) is 4.16. The van der Waals surface area contributed by atoms with E-state index in [-0.39, 0.29) is 0 Å². The zero-order chi connectivity index (χ0) is 13.1. The van der Waals surface area contributed by atoms with Gasteiger partial charge in [-0.25, -0.2) is 0 Å². The summed E-state index contributed by atoms with van der Waals surface area (Å²) in [6, 6.07) is 16.1. The number of anilines is 1. The van der Waals surface area contributed by atoms with Crippen LogP contribution in [0.2, 0.25) is 0 Å². The molecule has 1 aliphatic heterocycles. The Balaban J connectivity index is 1.87. The molecule has 96 valence electrons. The molecule has 0 bridgehead atoms. The molecule has 3 rings (SSSR count). The summed E-state index contributed by atoms with van der Waals surface area (Å²) in [6.07, 6.45) is 0. The van der Waals surface area contributed by atoms with Crippen molar-refractivity contribution in [3.63, 3.8) is 0 Å². The predicted molar refractivity (Wildman–Crippen MR) is 74.9 cm³/mol. The van der Waals surface area contributed by atoms with Crippen molar-refractivity contribution in [3.05, 3.63) is 54.1 Å². The van der Waals surface area contributed by atoms with Gasteiger partial charge in [-0.1, -0.05) is 30.3 Å². The van der Waals surface area contributed by atoms with E-state index in [1.807, 2.05) is 48.5 Å². The van der Waals surface area contributed by atoms with Gasteiger partial charge in [0.25, 0.3) is 6.02 Å². The SMILES string of the molecule is COc1ccccc1NC1=Nc2ccccc2CO1. The number of ether oxygens (including phenoxy) is 2. The van der Waals surface area contributed by atoms with Crippen molar-refractivity contribution < 1.29 is 9.47 Å². The smallest absolute Gasteiger partial charge is 0.294 e. The maximum Gasteiger partial charge on any atom is 0.294 e. The molecule has 0 amide bonds. The van der Waals surface area contributed by atoms with Gasteiger partial charge < -0.3 is 14.8 Å². The predicted octanol–water partition coefficient (Wildman–Crippen LogP) is 3.33. The summed E-state index contributed by atoms with van der Waals surface area (Å²) in [5, 5.41) is 3.14. The van der Waals surface area contributed by atoms with E-state index in [9.17, 15) is 0 Å². The monoisotopic (exact) mass is 254 g/mol. The van der Waals surface area contributed by atoms with Crippen LogP contribution in [0.25, 0.3) is 0 Å². The minimum absolute atomic E-state index is 0.489. The molecular weight excluding hydrogens is 240 g/mol. The quantitative estimate of drug-likeness (QED) is 0.894. The molecule has 0 aliphatic carbocycles. The van der Waals surface area contributed by atoms with Crippen molar-refractivity contribution in [2.75, 3.05) is 12.4 Å². The van der Waals surface area contributed by atoms with Crippen LogP contribution in [-0.4, -0.2) is 13.1 Å². The van der Waals surface area contributed by atoms with Crippen LogP contribution in [0.3, 0.4) is 0 Å². The van der Waals surface area contributed by atoms with Crippen molar-refractivity contribution in [2.45, 2.75) is 6.61 Å². The number of hydrogen-bond acceptors (Lipinski definition) is 4. The van der Waals surface area contributed by atoms with Gasteiger partial charge in [0.05, 0.1) is 18.5 Å². The first kappa shape index (κ1) is 11.6. The first-order chi connectivity index (χ1) is 9.36. The van der Waals surface area contributed by atoms with E-state index in [2.05, 4.69) is 10.3 Å². The fourth-order valence-electron chi connectivity index (χ4n) is 1.96. The number of benzene rings is 2. The number of aliphatic imine (C=N–C) groups is 1. The Hall–Kier alpha value is -2.49. The van der Waals surface area contributed by atoms with Crippen molar-refractivity contribution >= 4 is 17.4 Å². The third-order valence-corrected chi connectivity index (χ3v) is 2.93. The molecular formula is C15H14N2O2. The molecule has 0 aromatic heterocycles. The highest BCUT2D eigenvalue weighted by atomic mass is 16.5. The van der Waals surface area contributed by atoms with E-state index < -0.39 is 0 Å². The molecule has 1 N–H and O–H groups in total. The zero-order valence-corrected chi connectivity index (χ0v) is 10.6. The van der Waals surface area contributed by atoms with Crippen LogP contribution in [-0.2, 0) is 11.3 Å². The van der Waals surface area contributed by atoms with Crippen LogP contribution >= 0.6 is 0 Å². The number of nitrogens with zero attached hydrogens (tertiary/aromatic N) is 1. The van der Waals surface area contributed by atoms with Crippen LogP contribution in [0.4, 0.5) is 11.4 Å². The summed E-state index contributed by atoms with van der Waals surface area (Å²) in [5.41, 5.74) is 2.86. The summed E-state index contributed by atoms with van der Waals surface area (Å²) < 4.78 is 10.9. The highest BCUT2D eigenvalue weighted by Crippen LogP contribution is 2.27. The van der Waals surface area contributed by atoms with E-state index in [4.69, 9.17) is 9.47 Å². The largest absolute Gasteiger partial charge is 0.495 e. The number of methoxy groups -OCH3 is 1. The lowest BCUT2D eigenvalue weighted by atomic mass is 10.2. The fourth-order valence-corrected chi connectivity index (χ4v) is 1.96. The molecule has 0 fully saturated rings. The Labute approximate surface area is 111 Å². The first-order valence-corrected chi connectivity index (χ1v) is 6.06. The van der Waals surface area contributed by atoms with Crippen molar-refractivity contribution in [1.82, 2.24) is 0 Å². The number of para-hydroxylation sites is 3. The second kappa shape index (κ2) is 5.02. The molecule has 2 aromatic rings. The number of fused-ring (bicyclic) bond motifs is 1. The van der Waals surface area contributed by atoms with Crippen LogP contribution in [0.1, 0.15) is 5.56 Å². The van der Waals surface area contributed by atoms with Gasteiger partial charge in [-0.2, -0.15) is 4.99 Å². The molecule has 4 nitrogen and oxygen atoms in total. The number of rotatable bonds is 2. The number of amidine groups is 1. The molecule has 0 radical (unpaired) electrons. The highest BCUT2D eigenvalue weighted by molar-refractivity contribution is 5.93. The average molecular weight is 254 g/mol. The molecule has 0 spiro atoms. The van der Waals surface area contributed by atoms with Crippen LogP contribution < -0.4 is 10.1 Å². The van der Waals surface area contributed by atoms with Gasteiger partial charge in [-0.15, -0.1) is 0 Å². The van der Waals surface area contributed by atoms with E-state index >= 15 is 0 Å². The molecule has 4 heteroatoms. The lowest BCUT2D eigenvalue weighted by molar-refractivity contribution is 0.286. The Bertz CT molecular complexity index is 623. The minimum atomic E-state index is 0.489. The van der Waals surface area contributed by atoms with Gasteiger partial charge in [0.1, 0.15) is 12.4 Å². The molecule has 19 heavy (non-hydrogen) atoms. The molecule has 0 saturated heterocycles. The normalized spacial score (nSPS) is 13.0. The molecule has 1 heterocycles. The van der Waals surface area contributed by atoms with Crippen LogP contribution in [0, 0.1) is 0 Å². The van der Waals surface area contributed by atoms with E-state index in [0.29, 0.717) is 12.6 Å². The Kier molecular flexibility index (Phi) is 3.06.